The van der Waals surface area contributed by atoms with E-state index in [1.165, 1.54) is 13.0 Å². The maximum atomic E-state index is 11.3. The van der Waals surface area contributed by atoms with Gasteiger partial charge in [-0.05, 0) is 13.0 Å². The van der Waals surface area contributed by atoms with Crippen molar-refractivity contribution in [1.82, 2.24) is 0 Å². The van der Waals surface area contributed by atoms with Gasteiger partial charge in [0.2, 0.25) is 0 Å². The summed E-state index contributed by atoms with van der Waals surface area (Å²) in [7, 11) is 0. The molecule has 0 saturated heterocycles. The molecular formula is C9H10O4. The lowest BCUT2D eigenvalue weighted by molar-refractivity contribution is -0.116. The Balaban J connectivity index is 3.19. The zero-order valence-corrected chi connectivity index (χ0v) is 7.20. The number of Topliss-reactive ketones (excluding diaryl/α,β-unsaturated/α-hetero) is 1. The minimum atomic E-state index is -0.510. The van der Waals surface area contributed by atoms with E-state index in [0.29, 0.717) is 5.57 Å². The molecule has 13 heavy (non-hydrogen) atoms. The molecule has 0 amide bonds. The first-order valence-corrected chi connectivity index (χ1v) is 3.83. The standard InChI is InChI=1S/C9H10O4/c1-5-2-8(12)6(3-10)7(4-11)9(5)13/h2,10-11H,3-4H2,1H3. The Kier molecular flexibility index (Phi) is 2.75. The summed E-state index contributed by atoms with van der Waals surface area (Å²) in [5, 5.41) is 17.6. The van der Waals surface area contributed by atoms with Crippen molar-refractivity contribution >= 4 is 11.6 Å². The number of ketones is 2. The number of aliphatic hydroxyl groups is 2. The molecule has 2 N–H and O–H groups in total. The number of aliphatic hydroxyl groups excluding tert-OH is 2. The van der Waals surface area contributed by atoms with E-state index >= 15 is 0 Å². The molecule has 0 spiro atoms. The minimum Gasteiger partial charge on any atom is -0.392 e. The fourth-order valence-corrected chi connectivity index (χ4v) is 1.21. The maximum absolute atomic E-state index is 11.3. The topological polar surface area (TPSA) is 74.6 Å². The molecule has 0 aromatic heterocycles. The third-order valence-corrected chi connectivity index (χ3v) is 1.96. The SMILES string of the molecule is CC1=CC(=O)C(CO)=C(CO)C1=O. The molecule has 0 radical (unpaired) electrons. The van der Waals surface area contributed by atoms with Crippen LogP contribution in [0.15, 0.2) is 22.8 Å². The lowest BCUT2D eigenvalue weighted by atomic mass is 9.91. The van der Waals surface area contributed by atoms with Crippen LogP contribution < -0.4 is 0 Å². The van der Waals surface area contributed by atoms with E-state index in [9.17, 15) is 9.59 Å². The summed E-state index contributed by atoms with van der Waals surface area (Å²) in [5.74, 6) is -0.769. The first kappa shape index (κ1) is 9.83. The highest BCUT2D eigenvalue weighted by Gasteiger charge is 2.24. The third-order valence-electron chi connectivity index (χ3n) is 1.96. The van der Waals surface area contributed by atoms with Gasteiger partial charge in [-0.1, -0.05) is 0 Å². The number of allylic oxidation sites excluding steroid dienone is 2. The van der Waals surface area contributed by atoms with Gasteiger partial charge in [0.05, 0.1) is 13.2 Å². The van der Waals surface area contributed by atoms with Crippen LogP contribution in [0, 0.1) is 0 Å². The van der Waals surface area contributed by atoms with Crippen molar-refractivity contribution in [3.63, 3.8) is 0 Å². The molecule has 1 aliphatic carbocycles. The summed E-state index contributed by atoms with van der Waals surface area (Å²) in [4.78, 5) is 22.5. The fourth-order valence-electron chi connectivity index (χ4n) is 1.21. The van der Waals surface area contributed by atoms with Crippen molar-refractivity contribution in [2.24, 2.45) is 0 Å². The molecule has 0 unspecified atom stereocenters. The molecule has 0 aliphatic heterocycles. The van der Waals surface area contributed by atoms with E-state index < -0.39 is 19.0 Å². The Bertz CT molecular complexity index is 323. The summed E-state index contributed by atoms with van der Waals surface area (Å²) in [5.41, 5.74) is 0.303. The van der Waals surface area contributed by atoms with E-state index in [0.717, 1.165) is 0 Å². The van der Waals surface area contributed by atoms with Gasteiger partial charge in [-0.2, -0.15) is 0 Å². The number of carbonyl (C=O) groups is 2. The summed E-state index contributed by atoms with van der Waals surface area (Å²) >= 11 is 0. The van der Waals surface area contributed by atoms with Gasteiger partial charge in [0.15, 0.2) is 11.6 Å². The van der Waals surface area contributed by atoms with Gasteiger partial charge in [0.25, 0.3) is 0 Å². The van der Waals surface area contributed by atoms with Crippen LogP contribution in [0.3, 0.4) is 0 Å². The Morgan fingerprint density at radius 2 is 1.69 bits per heavy atom. The average molecular weight is 182 g/mol. The van der Waals surface area contributed by atoms with Crippen molar-refractivity contribution < 1.29 is 19.8 Å². The van der Waals surface area contributed by atoms with Crippen LogP contribution in [0.5, 0.6) is 0 Å². The van der Waals surface area contributed by atoms with Crippen molar-refractivity contribution in [2.75, 3.05) is 13.2 Å². The molecule has 0 atom stereocenters. The van der Waals surface area contributed by atoms with Crippen LogP contribution >= 0.6 is 0 Å². The molecule has 0 bridgehead atoms. The van der Waals surface area contributed by atoms with Crippen LogP contribution in [0.4, 0.5) is 0 Å². The number of hydrogen-bond donors (Lipinski definition) is 2. The summed E-state index contributed by atoms with van der Waals surface area (Å²) in [6.07, 6.45) is 1.17. The molecule has 1 aliphatic rings. The van der Waals surface area contributed by atoms with Gasteiger partial charge in [-0.15, -0.1) is 0 Å². The molecule has 0 aromatic rings. The van der Waals surface area contributed by atoms with Gasteiger partial charge in [-0.3, -0.25) is 9.59 Å². The largest absolute Gasteiger partial charge is 0.392 e. The van der Waals surface area contributed by atoms with Gasteiger partial charge >= 0.3 is 0 Å². The van der Waals surface area contributed by atoms with Gasteiger partial charge in [0.1, 0.15) is 0 Å². The van der Waals surface area contributed by atoms with E-state index in [1.807, 2.05) is 0 Å². The quantitative estimate of drug-likeness (QED) is 0.557. The van der Waals surface area contributed by atoms with E-state index in [-0.39, 0.29) is 16.9 Å². The zero-order valence-electron chi connectivity index (χ0n) is 7.20. The zero-order chi connectivity index (χ0) is 10.0. The summed E-state index contributed by atoms with van der Waals surface area (Å²) in [6, 6.07) is 0. The molecule has 4 nitrogen and oxygen atoms in total. The fraction of sp³-hybridized carbons (Fsp3) is 0.333. The predicted octanol–water partition coefficient (Wildman–Crippen LogP) is -0.634. The van der Waals surface area contributed by atoms with E-state index in [4.69, 9.17) is 10.2 Å². The first-order valence-electron chi connectivity index (χ1n) is 3.83. The third kappa shape index (κ3) is 1.59. The molecule has 0 aromatic carbocycles. The molecule has 0 fully saturated rings. The van der Waals surface area contributed by atoms with Crippen LogP contribution in [-0.2, 0) is 9.59 Å². The minimum absolute atomic E-state index is 0.00176. The normalized spacial score (nSPS) is 17.9. The van der Waals surface area contributed by atoms with Gasteiger partial charge in [-0.25, -0.2) is 0 Å². The van der Waals surface area contributed by atoms with E-state index in [2.05, 4.69) is 0 Å². The maximum Gasteiger partial charge on any atom is 0.187 e. The van der Waals surface area contributed by atoms with Crippen LogP contribution in [0.2, 0.25) is 0 Å². The van der Waals surface area contributed by atoms with Crippen molar-refractivity contribution in [3.05, 3.63) is 22.8 Å². The number of carbonyl (C=O) groups excluding carboxylic acids is 2. The number of rotatable bonds is 2. The van der Waals surface area contributed by atoms with Crippen molar-refractivity contribution in [1.29, 1.82) is 0 Å². The second-order valence-corrected chi connectivity index (χ2v) is 2.79. The monoisotopic (exact) mass is 182 g/mol. The van der Waals surface area contributed by atoms with Crippen LogP contribution in [0.25, 0.3) is 0 Å². The molecule has 0 heterocycles. The second-order valence-electron chi connectivity index (χ2n) is 2.79. The summed E-state index contributed by atoms with van der Waals surface area (Å²) < 4.78 is 0. The van der Waals surface area contributed by atoms with Crippen molar-refractivity contribution in [2.45, 2.75) is 6.92 Å². The van der Waals surface area contributed by atoms with Crippen molar-refractivity contribution in [3.8, 4) is 0 Å². The van der Waals surface area contributed by atoms with Gasteiger partial charge in [0, 0.05) is 16.7 Å². The summed E-state index contributed by atoms with van der Waals surface area (Å²) in [6.45, 7) is 0.486. The molecule has 0 saturated carbocycles. The average Bonchev–Trinajstić information content (AvgIpc) is 2.10. The molecule has 1 rings (SSSR count). The van der Waals surface area contributed by atoms with Crippen LogP contribution in [-0.4, -0.2) is 35.0 Å². The highest BCUT2D eigenvalue weighted by molar-refractivity contribution is 6.22. The predicted molar refractivity (Wildman–Crippen MR) is 45.0 cm³/mol. The van der Waals surface area contributed by atoms with Crippen LogP contribution in [0.1, 0.15) is 6.92 Å². The smallest absolute Gasteiger partial charge is 0.187 e. The lowest BCUT2D eigenvalue weighted by Gasteiger charge is -2.13. The first-order chi connectivity index (χ1) is 6.11. The highest BCUT2D eigenvalue weighted by atomic mass is 16.3. The van der Waals surface area contributed by atoms with Gasteiger partial charge < -0.3 is 10.2 Å². The second kappa shape index (κ2) is 3.64. The molecule has 4 heteroatoms. The Labute approximate surface area is 75.2 Å². The Morgan fingerprint density at radius 1 is 1.15 bits per heavy atom. The molecular weight excluding hydrogens is 172 g/mol. The Morgan fingerprint density at radius 3 is 2.15 bits per heavy atom. The van der Waals surface area contributed by atoms with E-state index in [1.54, 1.807) is 0 Å². The highest BCUT2D eigenvalue weighted by Crippen LogP contribution is 2.17. The lowest BCUT2D eigenvalue weighted by Crippen LogP contribution is -2.22. The Hall–Kier alpha value is -1.26. The number of hydrogen-bond acceptors (Lipinski definition) is 4. The molecule has 70 valence electrons.